The molecular formula is C14H10ClF3N2O4S. The van der Waals surface area contributed by atoms with Crippen molar-refractivity contribution in [2.24, 2.45) is 0 Å². The minimum absolute atomic E-state index is 0.0532. The normalized spacial score (nSPS) is 12.0. The number of sulfonamides is 1. The van der Waals surface area contributed by atoms with Crippen molar-refractivity contribution >= 4 is 33.3 Å². The number of anilines is 1. The zero-order chi connectivity index (χ0) is 19.0. The summed E-state index contributed by atoms with van der Waals surface area (Å²) >= 11 is 5.66. The van der Waals surface area contributed by atoms with E-state index in [1.54, 1.807) is 0 Å². The molecule has 0 atom stereocenters. The number of hydrogen-bond acceptors (Lipinski definition) is 4. The molecule has 11 heteroatoms. The summed E-state index contributed by atoms with van der Waals surface area (Å²) in [5.41, 5.74) is -2.37. The number of nitrogens with one attached hydrogen (secondary N) is 1. The molecular weight excluding hydrogens is 385 g/mol. The zero-order valence-electron chi connectivity index (χ0n) is 12.4. The molecule has 0 saturated carbocycles. The van der Waals surface area contributed by atoms with Gasteiger partial charge in [-0.25, -0.2) is 18.2 Å². The van der Waals surface area contributed by atoms with Gasteiger partial charge in [0.05, 0.1) is 21.2 Å². The van der Waals surface area contributed by atoms with Crippen LogP contribution < -0.4 is 4.72 Å². The van der Waals surface area contributed by atoms with Gasteiger partial charge in [0.15, 0.2) is 5.69 Å². The summed E-state index contributed by atoms with van der Waals surface area (Å²) in [6.07, 6.45) is -3.74. The molecule has 1 aromatic carbocycles. The van der Waals surface area contributed by atoms with Gasteiger partial charge >= 0.3 is 12.1 Å². The number of nitrogens with zero attached hydrogens (tertiary/aromatic N) is 1. The highest BCUT2D eigenvalue weighted by molar-refractivity contribution is 7.92. The Balaban J connectivity index is 2.51. The Morgan fingerprint density at radius 1 is 1.28 bits per heavy atom. The van der Waals surface area contributed by atoms with Gasteiger partial charge < -0.3 is 5.11 Å². The van der Waals surface area contributed by atoms with Gasteiger partial charge in [-0.1, -0.05) is 17.7 Å². The number of carbonyl (C=O) groups is 1. The van der Waals surface area contributed by atoms with Crippen LogP contribution in [0.3, 0.4) is 0 Å². The van der Waals surface area contributed by atoms with E-state index in [2.05, 4.69) is 4.98 Å². The minimum atomic E-state index is -4.74. The number of aromatic carboxylic acids is 1. The topological polar surface area (TPSA) is 96.4 Å². The van der Waals surface area contributed by atoms with E-state index in [1.165, 1.54) is 6.92 Å². The number of alkyl halides is 3. The van der Waals surface area contributed by atoms with E-state index in [4.69, 9.17) is 16.7 Å². The summed E-state index contributed by atoms with van der Waals surface area (Å²) in [5.74, 6) is -1.53. The molecule has 2 aromatic rings. The standard InChI is InChI=1S/C14H10ClF3N2O4S/c1-7-2-3-9(5-10(7)14(16,17)18)25(23,24)20-11-4-8(15)6-19-12(11)13(21)22/h2-6,20H,1H3,(H,21,22). The van der Waals surface area contributed by atoms with Gasteiger partial charge in [-0.15, -0.1) is 0 Å². The summed E-state index contributed by atoms with van der Waals surface area (Å²) in [5, 5.41) is 8.97. The van der Waals surface area contributed by atoms with Crippen molar-refractivity contribution in [2.45, 2.75) is 18.0 Å². The van der Waals surface area contributed by atoms with Crippen LogP contribution in [0.1, 0.15) is 21.6 Å². The smallest absolute Gasteiger partial charge is 0.416 e. The van der Waals surface area contributed by atoms with Gasteiger partial charge in [-0.2, -0.15) is 13.2 Å². The largest absolute Gasteiger partial charge is 0.476 e. The number of aryl methyl sites for hydroxylation is 1. The SMILES string of the molecule is Cc1ccc(S(=O)(=O)Nc2cc(Cl)cnc2C(=O)O)cc1C(F)(F)F. The molecule has 0 radical (unpaired) electrons. The third kappa shape index (κ3) is 4.20. The second-order valence-electron chi connectivity index (χ2n) is 4.93. The van der Waals surface area contributed by atoms with E-state index < -0.39 is 44.0 Å². The van der Waals surface area contributed by atoms with Gasteiger partial charge in [0.1, 0.15) is 0 Å². The van der Waals surface area contributed by atoms with Gasteiger partial charge in [0.2, 0.25) is 0 Å². The Hall–Kier alpha value is -2.33. The molecule has 0 unspecified atom stereocenters. The first kappa shape index (κ1) is 19.0. The van der Waals surface area contributed by atoms with Crippen LogP contribution >= 0.6 is 11.6 Å². The summed E-state index contributed by atoms with van der Waals surface area (Å²) in [6, 6.07) is 3.45. The lowest BCUT2D eigenvalue weighted by molar-refractivity contribution is -0.138. The summed E-state index contributed by atoms with van der Waals surface area (Å²) < 4.78 is 65.4. The number of hydrogen-bond donors (Lipinski definition) is 2. The number of pyridine rings is 1. The number of benzene rings is 1. The summed E-state index contributed by atoms with van der Waals surface area (Å²) in [4.78, 5) is 13.9. The van der Waals surface area contributed by atoms with Crippen molar-refractivity contribution < 1.29 is 31.5 Å². The van der Waals surface area contributed by atoms with Crippen LogP contribution in [-0.2, 0) is 16.2 Å². The van der Waals surface area contributed by atoms with Crippen molar-refractivity contribution in [3.63, 3.8) is 0 Å². The molecule has 2 rings (SSSR count). The lowest BCUT2D eigenvalue weighted by Gasteiger charge is -2.14. The second-order valence-corrected chi connectivity index (χ2v) is 7.05. The molecule has 25 heavy (non-hydrogen) atoms. The van der Waals surface area contributed by atoms with Gasteiger partial charge in [0, 0.05) is 6.20 Å². The maximum absolute atomic E-state index is 12.9. The van der Waals surface area contributed by atoms with Crippen LogP contribution in [0.4, 0.5) is 18.9 Å². The van der Waals surface area contributed by atoms with E-state index in [1.807, 2.05) is 4.72 Å². The lowest BCUT2D eigenvalue weighted by atomic mass is 10.1. The first-order chi connectivity index (χ1) is 11.4. The lowest BCUT2D eigenvalue weighted by Crippen LogP contribution is -2.18. The summed E-state index contributed by atoms with van der Waals surface area (Å²) in [7, 11) is -4.50. The molecule has 6 nitrogen and oxygen atoms in total. The van der Waals surface area contributed by atoms with Crippen LogP contribution in [0, 0.1) is 6.92 Å². The molecule has 0 aliphatic heterocycles. The van der Waals surface area contributed by atoms with E-state index in [0.717, 1.165) is 24.4 Å². The van der Waals surface area contributed by atoms with Crippen molar-refractivity contribution in [1.82, 2.24) is 4.98 Å². The molecule has 0 amide bonds. The summed E-state index contributed by atoms with van der Waals surface area (Å²) in [6.45, 7) is 1.19. The van der Waals surface area contributed by atoms with Crippen molar-refractivity contribution in [2.75, 3.05) is 4.72 Å². The van der Waals surface area contributed by atoms with Gasteiger partial charge in [-0.05, 0) is 30.7 Å². The number of carboxylic acid groups (broad SMARTS) is 1. The molecule has 0 fully saturated rings. The highest BCUT2D eigenvalue weighted by Gasteiger charge is 2.34. The van der Waals surface area contributed by atoms with Crippen LogP contribution in [0.2, 0.25) is 5.02 Å². The maximum atomic E-state index is 12.9. The van der Waals surface area contributed by atoms with Crippen molar-refractivity contribution in [3.05, 3.63) is 52.3 Å². The third-order valence-electron chi connectivity index (χ3n) is 3.13. The predicted octanol–water partition coefficient (Wildman–Crippen LogP) is 3.56. The Morgan fingerprint density at radius 2 is 1.92 bits per heavy atom. The first-order valence-electron chi connectivity index (χ1n) is 6.51. The van der Waals surface area contributed by atoms with Gasteiger partial charge in [-0.3, -0.25) is 4.72 Å². The highest BCUT2D eigenvalue weighted by atomic mass is 35.5. The Labute approximate surface area is 145 Å². The van der Waals surface area contributed by atoms with Gasteiger partial charge in [0.25, 0.3) is 10.0 Å². The minimum Gasteiger partial charge on any atom is -0.476 e. The number of rotatable bonds is 4. The molecule has 2 N–H and O–H groups in total. The van der Waals surface area contributed by atoms with Crippen LogP contribution in [0.15, 0.2) is 35.4 Å². The zero-order valence-corrected chi connectivity index (χ0v) is 14.0. The fourth-order valence-corrected chi connectivity index (χ4v) is 3.21. The predicted molar refractivity (Wildman–Crippen MR) is 83.2 cm³/mol. The molecule has 0 aliphatic rings. The number of halogens is 4. The average molecular weight is 395 g/mol. The molecule has 134 valence electrons. The number of carboxylic acids is 1. The fraction of sp³-hybridized carbons (Fsp3) is 0.143. The quantitative estimate of drug-likeness (QED) is 0.826. The molecule has 0 spiro atoms. The molecule has 0 saturated heterocycles. The average Bonchev–Trinajstić information content (AvgIpc) is 2.45. The van der Waals surface area contributed by atoms with E-state index in [9.17, 15) is 26.4 Å². The van der Waals surface area contributed by atoms with Crippen LogP contribution in [-0.4, -0.2) is 24.5 Å². The Bertz CT molecular complexity index is 946. The van der Waals surface area contributed by atoms with Crippen molar-refractivity contribution in [3.8, 4) is 0 Å². The number of aromatic nitrogens is 1. The Morgan fingerprint density at radius 3 is 2.48 bits per heavy atom. The van der Waals surface area contributed by atoms with E-state index in [-0.39, 0.29) is 10.6 Å². The van der Waals surface area contributed by atoms with E-state index >= 15 is 0 Å². The van der Waals surface area contributed by atoms with Crippen molar-refractivity contribution in [1.29, 1.82) is 0 Å². The molecule has 0 aliphatic carbocycles. The van der Waals surface area contributed by atoms with Crippen LogP contribution in [0.5, 0.6) is 0 Å². The second kappa shape index (κ2) is 6.52. The molecule has 1 aromatic heterocycles. The monoisotopic (exact) mass is 394 g/mol. The fourth-order valence-electron chi connectivity index (χ4n) is 1.96. The molecule has 1 heterocycles. The highest BCUT2D eigenvalue weighted by Crippen LogP contribution is 2.33. The molecule has 0 bridgehead atoms. The third-order valence-corrected chi connectivity index (χ3v) is 4.70. The van der Waals surface area contributed by atoms with Crippen LogP contribution in [0.25, 0.3) is 0 Å². The Kier molecular flexibility index (Phi) is 4.96. The maximum Gasteiger partial charge on any atom is 0.416 e. The van der Waals surface area contributed by atoms with E-state index in [0.29, 0.717) is 6.07 Å². The first-order valence-corrected chi connectivity index (χ1v) is 8.37.